The lowest BCUT2D eigenvalue weighted by Gasteiger charge is -2.09. The second-order valence-electron chi connectivity index (χ2n) is 7.68. The number of thiophene rings is 1. The molecule has 8 nitrogen and oxygen atoms in total. The van der Waals surface area contributed by atoms with Gasteiger partial charge >= 0.3 is 5.97 Å². The molecule has 0 saturated carbocycles. The first-order valence-corrected chi connectivity index (χ1v) is 12.2. The number of furan rings is 1. The highest BCUT2D eigenvalue weighted by Gasteiger charge is 2.28. The summed E-state index contributed by atoms with van der Waals surface area (Å²) in [6.45, 7) is 3.77. The lowest BCUT2D eigenvalue weighted by molar-refractivity contribution is 0.0506. The maximum atomic E-state index is 12.9. The number of nitrogens with one attached hydrogen (secondary N) is 1. The van der Waals surface area contributed by atoms with Gasteiger partial charge in [0.25, 0.3) is 11.8 Å². The van der Waals surface area contributed by atoms with Crippen LogP contribution in [0.2, 0.25) is 10.0 Å². The van der Waals surface area contributed by atoms with Crippen LogP contribution in [0.1, 0.15) is 55.3 Å². The van der Waals surface area contributed by atoms with E-state index in [4.69, 9.17) is 37.1 Å². The Morgan fingerprint density at radius 2 is 1.89 bits per heavy atom. The first-order valence-electron chi connectivity index (χ1n) is 10.6. The van der Waals surface area contributed by atoms with E-state index in [1.54, 1.807) is 45.3 Å². The van der Waals surface area contributed by atoms with Crippen LogP contribution >= 0.6 is 34.5 Å². The standard InChI is InChI=1S/C24H24Cl2N2O6S/c1-5-10-32-24(31)19-13(2)20(23(30)28(3)4)35-22(19)27-21(29)18-9-7-15(34-18)12-33-17-8-6-14(25)11-16(17)26/h6-9,11H,5,10,12H2,1-4H3,(H,27,29). The molecule has 0 atom stereocenters. The van der Waals surface area contributed by atoms with E-state index in [1.807, 2.05) is 6.92 Å². The SMILES string of the molecule is CCCOC(=O)c1c(NC(=O)c2ccc(COc3ccc(Cl)cc3Cl)o2)sc(C(=O)N(C)C)c1C. The minimum atomic E-state index is -0.609. The molecule has 2 amide bonds. The topological polar surface area (TPSA) is 98.1 Å². The summed E-state index contributed by atoms with van der Waals surface area (Å²) < 4.78 is 16.5. The molecule has 2 aromatic heterocycles. The Balaban J connectivity index is 1.78. The number of halogens is 2. The summed E-state index contributed by atoms with van der Waals surface area (Å²) in [5.41, 5.74) is 0.591. The first kappa shape index (κ1) is 26.6. The Morgan fingerprint density at radius 3 is 2.54 bits per heavy atom. The molecule has 186 valence electrons. The molecule has 2 heterocycles. The molecule has 0 fully saturated rings. The van der Waals surface area contributed by atoms with Gasteiger partial charge in [-0.15, -0.1) is 11.3 Å². The molecule has 0 spiro atoms. The number of amides is 2. The van der Waals surface area contributed by atoms with Gasteiger partial charge in [-0.1, -0.05) is 30.1 Å². The largest absolute Gasteiger partial charge is 0.484 e. The van der Waals surface area contributed by atoms with Crippen molar-refractivity contribution in [3.63, 3.8) is 0 Å². The van der Waals surface area contributed by atoms with E-state index < -0.39 is 11.9 Å². The number of ether oxygens (including phenoxy) is 2. The summed E-state index contributed by atoms with van der Waals surface area (Å²) >= 11 is 13.0. The molecule has 11 heteroatoms. The maximum absolute atomic E-state index is 12.9. The van der Waals surface area contributed by atoms with Crippen LogP contribution in [0.4, 0.5) is 5.00 Å². The zero-order valence-electron chi connectivity index (χ0n) is 19.6. The lowest BCUT2D eigenvalue weighted by Crippen LogP contribution is -2.21. The van der Waals surface area contributed by atoms with Crippen LogP contribution in [0.25, 0.3) is 0 Å². The molecule has 3 aromatic rings. The van der Waals surface area contributed by atoms with Gasteiger partial charge in [0.05, 0.1) is 22.1 Å². The molecular weight excluding hydrogens is 515 g/mol. The number of anilines is 1. The van der Waals surface area contributed by atoms with E-state index >= 15 is 0 Å². The summed E-state index contributed by atoms with van der Waals surface area (Å²) in [5.74, 6) is -0.672. The van der Waals surface area contributed by atoms with Crippen molar-refractivity contribution < 1.29 is 28.3 Å². The van der Waals surface area contributed by atoms with E-state index in [1.165, 1.54) is 11.0 Å². The second kappa shape index (κ2) is 11.6. The predicted molar refractivity (Wildman–Crippen MR) is 135 cm³/mol. The van der Waals surface area contributed by atoms with Crippen molar-refractivity contribution in [2.45, 2.75) is 26.9 Å². The quantitative estimate of drug-likeness (QED) is 0.332. The van der Waals surface area contributed by atoms with Crippen molar-refractivity contribution in [2.75, 3.05) is 26.0 Å². The van der Waals surface area contributed by atoms with Gasteiger partial charge in [-0.3, -0.25) is 9.59 Å². The number of benzene rings is 1. The van der Waals surface area contributed by atoms with Crippen LogP contribution in [-0.2, 0) is 11.3 Å². The van der Waals surface area contributed by atoms with Crippen LogP contribution in [0.3, 0.4) is 0 Å². The van der Waals surface area contributed by atoms with E-state index in [0.717, 1.165) is 11.3 Å². The van der Waals surface area contributed by atoms with Crippen LogP contribution in [0.5, 0.6) is 5.75 Å². The van der Waals surface area contributed by atoms with Gasteiger partial charge in [0.15, 0.2) is 5.76 Å². The molecule has 0 radical (unpaired) electrons. The highest BCUT2D eigenvalue weighted by Crippen LogP contribution is 2.35. The molecule has 0 saturated heterocycles. The smallest absolute Gasteiger partial charge is 0.341 e. The Morgan fingerprint density at radius 1 is 1.14 bits per heavy atom. The van der Waals surface area contributed by atoms with Crippen molar-refractivity contribution in [1.82, 2.24) is 4.90 Å². The van der Waals surface area contributed by atoms with Crippen LogP contribution in [-0.4, -0.2) is 43.4 Å². The van der Waals surface area contributed by atoms with E-state index in [2.05, 4.69) is 5.32 Å². The average molecular weight is 539 g/mol. The van der Waals surface area contributed by atoms with Crippen LogP contribution in [0, 0.1) is 6.92 Å². The third-order valence-corrected chi connectivity index (χ3v) is 6.49. The summed E-state index contributed by atoms with van der Waals surface area (Å²) in [4.78, 5) is 39.9. The van der Waals surface area contributed by atoms with E-state index in [0.29, 0.717) is 38.4 Å². The molecule has 35 heavy (non-hydrogen) atoms. The summed E-state index contributed by atoms with van der Waals surface area (Å²) in [6, 6.07) is 7.91. The van der Waals surface area contributed by atoms with Crippen molar-refractivity contribution in [2.24, 2.45) is 0 Å². The van der Waals surface area contributed by atoms with Gasteiger partial charge in [0.2, 0.25) is 0 Å². The maximum Gasteiger partial charge on any atom is 0.341 e. The molecule has 3 rings (SSSR count). The summed E-state index contributed by atoms with van der Waals surface area (Å²) in [5, 5.41) is 3.72. The highest BCUT2D eigenvalue weighted by atomic mass is 35.5. The van der Waals surface area contributed by atoms with Gasteiger partial charge < -0.3 is 24.1 Å². The van der Waals surface area contributed by atoms with Gasteiger partial charge in [0.1, 0.15) is 23.1 Å². The van der Waals surface area contributed by atoms with Crippen molar-refractivity contribution >= 4 is 57.3 Å². The Bertz CT molecular complexity index is 1250. The molecule has 0 unspecified atom stereocenters. The number of nitrogens with zero attached hydrogens (tertiary/aromatic N) is 1. The summed E-state index contributed by atoms with van der Waals surface area (Å²) in [6.07, 6.45) is 0.637. The number of hydrogen-bond acceptors (Lipinski definition) is 7. The Labute approximate surface area is 216 Å². The Kier molecular flexibility index (Phi) is 8.82. The number of carbonyl (C=O) groups excluding carboxylic acids is 3. The molecule has 0 bridgehead atoms. The summed E-state index contributed by atoms with van der Waals surface area (Å²) in [7, 11) is 3.22. The van der Waals surface area contributed by atoms with Gasteiger partial charge in [-0.05, 0) is 49.2 Å². The fourth-order valence-electron chi connectivity index (χ4n) is 3.00. The average Bonchev–Trinajstić information content (AvgIpc) is 3.41. The van der Waals surface area contributed by atoms with Crippen molar-refractivity contribution in [3.8, 4) is 5.75 Å². The zero-order chi connectivity index (χ0) is 25.7. The molecular formula is C24H24Cl2N2O6S. The van der Waals surface area contributed by atoms with Gasteiger partial charge in [-0.25, -0.2) is 4.79 Å². The number of carbonyl (C=O) groups is 3. The third-order valence-electron chi connectivity index (χ3n) is 4.76. The van der Waals surface area contributed by atoms with Gasteiger partial charge in [0, 0.05) is 19.1 Å². The molecule has 0 aliphatic rings. The normalized spacial score (nSPS) is 10.7. The second-order valence-corrected chi connectivity index (χ2v) is 9.54. The Hall–Kier alpha value is -3.01. The van der Waals surface area contributed by atoms with E-state index in [9.17, 15) is 14.4 Å². The minimum absolute atomic E-state index is 0.00483. The third kappa shape index (κ3) is 6.36. The van der Waals surface area contributed by atoms with E-state index in [-0.39, 0.29) is 35.4 Å². The van der Waals surface area contributed by atoms with Gasteiger partial charge in [-0.2, -0.15) is 0 Å². The van der Waals surface area contributed by atoms with Crippen molar-refractivity contribution in [3.05, 3.63) is 67.9 Å². The lowest BCUT2D eigenvalue weighted by atomic mass is 10.1. The number of rotatable bonds is 9. The van der Waals surface area contributed by atoms with Crippen molar-refractivity contribution in [1.29, 1.82) is 0 Å². The number of hydrogen-bond donors (Lipinski definition) is 1. The van der Waals surface area contributed by atoms with Crippen LogP contribution < -0.4 is 10.1 Å². The number of esters is 1. The minimum Gasteiger partial charge on any atom is -0.484 e. The fraction of sp³-hybridized carbons (Fsp3) is 0.292. The first-order chi connectivity index (χ1) is 16.6. The van der Waals surface area contributed by atoms with Crippen LogP contribution in [0.15, 0.2) is 34.7 Å². The highest BCUT2D eigenvalue weighted by molar-refractivity contribution is 7.18. The molecule has 1 N–H and O–H groups in total. The molecule has 1 aromatic carbocycles. The predicted octanol–water partition coefficient (Wildman–Crippen LogP) is 6.06. The molecule has 0 aliphatic carbocycles. The monoisotopic (exact) mass is 538 g/mol. The fourth-order valence-corrected chi connectivity index (χ4v) is 4.68. The zero-order valence-corrected chi connectivity index (χ0v) is 21.9. The molecule has 0 aliphatic heterocycles.